The molecule has 0 aliphatic carbocycles. The van der Waals surface area contributed by atoms with E-state index in [9.17, 15) is 0 Å². The van der Waals surface area contributed by atoms with Gasteiger partial charge in [-0.2, -0.15) is 5.26 Å². The summed E-state index contributed by atoms with van der Waals surface area (Å²) in [5, 5.41) is 18.5. The van der Waals surface area contributed by atoms with Gasteiger partial charge >= 0.3 is 0 Å². The zero-order valence-corrected chi connectivity index (χ0v) is 17.6. The molecule has 0 saturated heterocycles. The zero-order chi connectivity index (χ0) is 20.9. The second-order valence-electron chi connectivity index (χ2n) is 7.12. The summed E-state index contributed by atoms with van der Waals surface area (Å²) in [6.07, 6.45) is 0. The lowest BCUT2D eigenvalue weighted by atomic mass is 10.0. The third kappa shape index (κ3) is 4.56. The average molecular weight is 409 g/mol. The van der Waals surface area contributed by atoms with Crippen molar-refractivity contribution in [3.05, 3.63) is 95.1 Å². The Bertz CT molecular complexity index is 1190. The second-order valence-corrected chi connectivity index (χ2v) is 8.06. The van der Waals surface area contributed by atoms with Crippen LogP contribution in [0.25, 0.3) is 22.5 Å². The molecule has 3 aromatic carbocycles. The molecule has 0 fully saturated rings. The summed E-state index contributed by atoms with van der Waals surface area (Å²) >= 11 is 1.54. The Morgan fingerprint density at radius 1 is 0.733 bits per heavy atom. The van der Waals surface area contributed by atoms with Gasteiger partial charge in [-0.1, -0.05) is 83.6 Å². The Morgan fingerprint density at radius 2 is 1.30 bits per heavy atom. The van der Waals surface area contributed by atoms with Crippen LogP contribution in [0.4, 0.5) is 0 Å². The van der Waals surface area contributed by atoms with Crippen LogP contribution in [0.2, 0.25) is 0 Å². The first-order valence-corrected chi connectivity index (χ1v) is 10.6. The van der Waals surface area contributed by atoms with Gasteiger partial charge in [0.05, 0.1) is 11.6 Å². The molecule has 4 rings (SSSR count). The van der Waals surface area contributed by atoms with E-state index >= 15 is 0 Å². The lowest BCUT2D eigenvalue weighted by Gasteiger charge is -2.10. The summed E-state index contributed by atoms with van der Waals surface area (Å²) in [4.78, 5) is 4.86. The quantitative estimate of drug-likeness (QED) is 0.380. The first-order valence-electron chi connectivity index (χ1n) is 9.63. The maximum Gasteiger partial charge on any atom is 0.210 e. The number of hydrogen-bond acceptors (Lipinski definition) is 5. The van der Waals surface area contributed by atoms with Gasteiger partial charge in [-0.3, -0.25) is 0 Å². The van der Waals surface area contributed by atoms with Crippen molar-refractivity contribution in [2.45, 2.75) is 24.8 Å². The number of rotatable bonds is 5. The predicted octanol–water partition coefficient (Wildman–Crippen LogP) is 5.99. The van der Waals surface area contributed by atoms with Crippen LogP contribution in [0, 0.1) is 25.2 Å². The maximum absolute atomic E-state index is 8.94. The summed E-state index contributed by atoms with van der Waals surface area (Å²) in [5.41, 5.74) is 7.80. The van der Waals surface area contributed by atoms with Crippen molar-refractivity contribution < 1.29 is 0 Å². The van der Waals surface area contributed by atoms with E-state index < -0.39 is 0 Å². The van der Waals surface area contributed by atoms with E-state index in [1.165, 1.54) is 22.9 Å². The minimum absolute atomic E-state index is 0.630. The molecule has 0 radical (unpaired) electrons. The smallest absolute Gasteiger partial charge is 0.210 e. The van der Waals surface area contributed by atoms with Crippen molar-refractivity contribution in [3.63, 3.8) is 0 Å². The number of aromatic nitrogens is 3. The Balaban J connectivity index is 1.67. The highest BCUT2D eigenvalue weighted by atomic mass is 32.2. The second kappa shape index (κ2) is 8.89. The summed E-state index contributed by atoms with van der Waals surface area (Å²) in [5.74, 6) is 0.713. The average Bonchev–Trinajstić information content (AvgIpc) is 2.79. The number of benzene rings is 3. The van der Waals surface area contributed by atoms with Crippen molar-refractivity contribution in [3.8, 4) is 28.6 Å². The van der Waals surface area contributed by atoms with Crippen LogP contribution < -0.4 is 0 Å². The van der Waals surface area contributed by atoms with Crippen molar-refractivity contribution in [2.24, 2.45) is 0 Å². The van der Waals surface area contributed by atoms with Gasteiger partial charge in [-0.15, -0.1) is 10.2 Å². The monoisotopic (exact) mass is 408 g/mol. The van der Waals surface area contributed by atoms with Gasteiger partial charge < -0.3 is 0 Å². The standard InChI is InChI=1S/C25H20N4S/c1-17-3-11-21(12-4-17)23-24(22-13-5-18(2)6-14-22)28-29-25(27-23)30-16-20-9-7-19(15-26)8-10-20/h3-14H,16H2,1-2H3. The summed E-state index contributed by atoms with van der Waals surface area (Å²) in [6.45, 7) is 4.14. The molecule has 30 heavy (non-hydrogen) atoms. The van der Waals surface area contributed by atoms with E-state index in [-0.39, 0.29) is 0 Å². The highest BCUT2D eigenvalue weighted by molar-refractivity contribution is 7.98. The third-order valence-electron chi connectivity index (χ3n) is 4.77. The zero-order valence-electron chi connectivity index (χ0n) is 16.8. The van der Waals surface area contributed by atoms with Crippen molar-refractivity contribution >= 4 is 11.8 Å². The van der Waals surface area contributed by atoms with E-state index in [0.29, 0.717) is 16.5 Å². The van der Waals surface area contributed by atoms with Crippen molar-refractivity contribution in [2.75, 3.05) is 0 Å². The molecule has 0 atom stereocenters. The molecule has 0 N–H and O–H groups in total. The lowest BCUT2D eigenvalue weighted by molar-refractivity contribution is 0.850. The van der Waals surface area contributed by atoms with E-state index in [1.54, 1.807) is 0 Å². The summed E-state index contributed by atoms with van der Waals surface area (Å²) in [7, 11) is 0. The fourth-order valence-corrected chi connectivity index (χ4v) is 3.76. The van der Waals surface area contributed by atoms with Gasteiger partial charge in [0.2, 0.25) is 5.16 Å². The van der Waals surface area contributed by atoms with Crippen LogP contribution in [-0.2, 0) is 5.75 Å². The van der Waals surface area contributed by atoms with Crippen molar-refractivity contribution in [1.29, 1.82) is 5.26 Å². The number of nitrogens with zero attached hydrogens (tertiary/aromatic N) is 4. The lowest BCUT2D eigenvalue weighted by Crippen LogP contribution is -1.99. The minimum atomic E-state index is 0.630. The Labute approximate surface area is 180 Å². The third-order valence-corrected chi connectivity index (χ3v) is 5.68. The number of nitriles is 1. The fourth-order valence-electron chi connectivity index (χ4n) is 3.01. The summed E-state index contributed by atoms with van der Waals surface area (Å²) in [6, 6.07) is 26.3. The first-order chi connectivity index (χ1) is 14.6. The normalized spacial score (nSPS) is 10.6. The Kier molecular flexibility index (Phi) is 5.87. The molecule has 0 unspecified atom stereocenters. The van der Waals surface area contributed by atoms with E-state index in [4.69, 9.17) is 10.2 Å². The van der Waals surface area contributed by atoms with Gasteiger partial charge in [-0.25, -0.2) is 4.98 Å². The van der Waals surface area contributed by atoms with Gasteiger partial charge in [0, 0.05) is 16.9 Å². The van der Waals surface area contributed by atoms with Gasteiger partial charge in [-0.05, 0) is 31.5 Å². The van der Waals surface area contributed by atoms with Crippen LogP contribution in [0.5, 0.6) is 0 Å². The molecule has 0 saturated carbocycles. The van der Waals surface area contributed by atoms with E-state index in [2.05, 4.69) is 78.6 Å². The number of aryl methyl sites for hydroxylation is 2. The molecule has 0 aliphatic rings. The fraction of sp³-hybridized carbons (Fsp3) is 0.120. The van der Waals surface area contributed by atoms with E-state index in [1.807, 2.05) is 24.3 Å². The highest BCUT2D eigenvalue weighted by Gasteiger charge is 2.14. The topological polar surface area (TPSA) is 62.5 Å². The minimum Gasteiger partial charge on any atom is -0.219 e. The van der Waals surface area contributed by atoms with Crippen LogP contribution in [-0.4, -0.2) is 15.2 Å². The molecule has 1 heterocycles. The Hall–Kier alpha value is -3.49. The molecular formula is C25H20N4S. The number of hydrogen-bond donors (Lipinski definition) is 0. The molecule has 0 aliphatic heterocycles. The molecule has 1 aromatic heterocycles. The molecule has 0 bridgehead atoms. The molecular weight excluding hydrogens is 388 g/mol. The molecule has 0 spiro atoms. The molecule has 4 nitrogen and oxygen atoms in total. The van der Waals surface area contributed by atoms with Crippen LogP contribution in [0.3, 0.4) is 0 Å². The van der Waals surface area contributed by atoms with Crippen LogP contribution in [0.15, 0.2) is 78.0 Å². The molecule has 5 heteroatoms. The summed E-state index contributed by atoms with van der Waals surface area (Å²) < 4.78 is 0. The van der Waals surface area contributed by atoms with Gasteiger partial charge in [0.1, 0.15) is 11.4 Å². The maximum atomic E-state index is 8.94. The van der Waals surface area contributed by atoms with Gasteiger partial charge in [0.15, 0.2) is 0 Å². The molecule has 0 amide bonds. The Morgan fingerprint density at radius 3 is 1.87 bits per heavy atom. The first kappa shape index (κ1) is 19.8. The van der Waals surface area contributed by atoms with Crippen LogP contribution in [0.1, 0.15) is 22.3 Å². The van der Waals surface area contributed by atoms with E-state index in [0.717, 1.165) is 28.1 Å². The predicted molar refractivity (Wildman–Crippen MR) is 121 cm³/mol. The van der Waals surface area contributed by atoms with Crippen LogP contribution >= 0.6 is 11.8 Å². The number of thioether (sulfide) groups is 1. The molecule has 146 valence electrons. The van der Waals surface area contributed by atoms with Crippen molar-refractivity contribution in [1.82, 2.24) is 15.2 Å². The van der Waals surface area contributed by atoms with Gasteiger partial charge in [0.25, 0.3) is 0 Å². The molecule has 4 aromatic rings. The highest BCUT2D eigenvalue weighted by Crippen LogP contribution is 2.31. The SMILES string of the molecule is Cc1ccc(-c2nnc(SCc3ccc(C#N)cc3)nc2-c2ccc(C)cc2)cc1. The largest absolute Gasteiger partial charge is 0.219 e.